The van der Waals surface area contributed by atoms with Crippen molar-refractivity contribution in [3.05, 3.63) is 72.3 Å². The van der Waals surface area contributed by atoms with Crippen molar-refractivity contribution in [2.45, 2.75) is 6.54 Å². The van der Waals surface area contributed by atoms with E-state index in [-0.39, 0.29) is 5.82 Å². The highest BCUT2D eigenvalue weighted by atomic mass is 19.1. The minimum absolute atomic E-state index is 0.243. The predicted octanol–water partition coefficient (Wildman–Crippen LogP) is 4.38. The Morgan fingerprint density at radius 1 is 1.04 bits per heavy atom. The molecule has 0 aliphatic heterocycles. The molecule has 130 valence electrons. The van der Waals surface area contributed by atoms with Gasteiger partial charge in [-0.2, -0.15) is 0 Å². The molecule has 2 aromatic carbocycles. The summed E-state index contributed by atoms with van der Waals surface area (Å²) in [6.45, 7) is 0.551. The number of nitrogens with one attached hydrogen (secondary N) is 2. The van der Waals surface area contributed by atoms with Crippen molar-refractivity contribution < 1.29 is 9.13 Å². The van der Waals surface area contributed by atoms with Crippen LogP contribution in [0.3, 0.4) is 0 Å². The summed E-state index contributed by atoms with van der Waals surface area (Å²) in [5.74, 6) is 1.30. The van der Waals surface area contributed by atoms with Crippen LogP contribution in [0.4, 0.5) is 10.2 Å². The monoisotopic (exact) mass is 348 g/mol. The first-order chi connectivity index (χ1) is 12.7. The highest BCUT2D eigenvalue weighted by Gasteiger charge is 2.09. The molecule has 0 amide bonds. The van der Waals surface area contributed by atoms with Crippen molar-refractivity contribution in [2.24, 2.45) is 0 Å². The second-order valence-electron chi connectivity index (χ2n) is 5.88. The zero-order valence-electron chi connectivity index (χ0n) is 14.2. The van der Waals surface area contributed by atoms with E-state index in [0.29, 0.717) is 6.54 Å². The molecular weight excluding hydrogens is 331 g/mol. The van der Waals surface area contributed by atoms with E-state index in [1.165, 1.54) is 18.5 Å². The molecule has 2 N–H and O–H groups in total. The van der Waals surface area contributed by atoms with E-state index in [1.807, 2.05) is 30.3 Å². The number of H-pyrrole nitrogens is 1. The Balaban J connectivity index is 1.61. The SMILES string of the molecule is COc1ccc(-c2cc3c(NCc4ccc(F)cc4)ncnc3[nH]2)cc1. The van der Waals surface area contributed by atoms with Gasteiger partial charge in [-0.1, -0.05) is 12.1 Å². The van der Waals surface area contributed by atoms with E-state index < -0.39 is 0 Å². The lowest BCUT2D eigenvalue weighted by Gasteiger charge is -2.06. The number of benzene rings is 2. The summed E-state index contributed by atoms with van der Waals surface area (Å²) in [4.78, 5) is 12.0. The molecular formula is C20H17FN4O. The second-order valence-corrected chi connectivity index (χ2v) is 5.88. The lowest BCUT2D eigenvalue weighted by molar-refractivity contribution is 0.415. The lowest BCUT2D eigenvalue weighted by atomic mass is 10.1. The second kappa shape index (κ2) is 6.84. The van der Waals surface area contributed by atoms with Gasteiger partial charge in [0.2, 0.25) is 0 Å². The first kappa shape index (κ1) is 16.1. The number of anilines is 1. The van der Waals surface area contributed by atoms with Crippen molar-refractivity contribution >= 4 is 16.9 Å². The number of aromatic nitrogens is 3. The maximum Gasteiger partial charge on any atom is 0.143 e. The van der Waals surface area contributed by atoms with Crippen molar-refractivity contribution in [2.75, 3.05) is 12.4 Å². The number of rotatable bonds is 5. The van der Waals surface area contributed by atoms with Gasteiger partial charge in [-0.25, -0.2) is 14.4 Å². The van der Waals surface area contributed by atoms with Crippen molar-refractivity contribution in [3.8, 4) is 17.0 Å². The van der Waals surface area contributed by atoms with Gasteiger partial charge in [0.15, 0.2) is 0 Å². The number of hydrogen-bond acceptors (Lipinski definition) is 4. The van der Waals surface area contributed by atoms with Crippen LogP contribution in [-0.2, 0) is 6.54 Å². The summed E-state index contributed by atoms with van der Waals surface area (Å²) in [6, 6.07) is 16.2. The number of fused-ring (bicyclic) bond motifs is 1. The molecule has 0 radical (unpaired) electrons. The Bertz CT molecular complexity index is 1030. The maximum absolute atomic E-state index is 13.0. The van der Waals surface area contributed by atoms with Gasteiger partial charge in [0.1, 0.15) is 29.4 Å². The molecule has 4 aromatic rings. The summed E-state index contributed by atoms with van der Waals surface area (Å²) in [6.07, 6.45) is 1.52. The van der Waals surface area contributed by atoms with Crippen molar-refractivity contribution in [1.29, 1.82) is 0 Å². The number of halogens is 1. The molecule has 2 heterocycles. The summed E-state index contributed by atoms with van der Waals surface area (Å²) < 4.78 is 18.2. The van der Waals surface area contributed by atoms with E-state index >= 15 is 0 Å². The van der Waals surface area contributed by atoms with E-state index in [0.717, 1.165) is 39.4 Å². The van der Waals surface area contributed by atoms with Gasteiger partial charge in [-0.05, 0) is 53.6 Å². The third kappa shape index (κ3) is 3.21. The topological polar surface area (TPSA) is 62.8 Å². The number of hydrogen-bond donors (Lipinski definition) is 2. The number of methoxy groups -OCH3 is 1. The van der Waals surface area contributed by atoms with Gasteiger partial charge in [0, 0.05) is 12.2 Å². The molecule has 0 saturated carbocycles. The van der Waals surface area contributed by atoms with Gasteiger partial charge in [-0.15, -0.1) is 0 Å². The van der Waals surface area contributed by atoms with Gasteiger partial charge in [-0.3, -0.25) is 0 Å². The fraction of sp³-hybridized carbons (Fsp3) is 0.100. The Kier molecular flexibility index (Phi) is 4.23. The average molecular weight is 348 g/mol. The standard InChI is InChI=1S/C20H17FN4O/c1-26-16-8-4-14(5-9-16)18-10-17-19(23-12-24-20(17)25-18)22-11-13-2-6-15(21)7-3-13/h2-10,12H,11H2,1H3,(H2,22,23,24,25). The van der Waals surface area contributed by atoms with E-state index in [9.17, 15) is 4.39 Å². The van der Waals surface area contributed by atoms with E-state index in [1.54, 1.807) is 19.2 Å². The summed E-state index contributed by atoms with van der Waals surface area (Å²) in [7, 11) is 1.65. The lowest BCUT2D eigenvalue weighted by Crippen LogP contribution is -2.02. The molecule has 0 bridgehead atoms. The van der Waals surface area contributed by atoms with Gasteiger partial charge < -0.3 is 15.0 Å². The van der Waals surface area contributed by atoms with E-state index in [2.05, 4.69) is 20.3 Å². The molecule has 4 rings (SSSR count). The first-order valence-corrected chi connectivity index (χ1v) is 8.19. The van der Waals surface area contributed by atoms with Crippen LogP contribution >= 0.6 is 0 Å². The third-order valence-corrected chi connectivity index (χ3v) is 4.20. The Labute approximate surface area is 149 Å². The molecule has 0 fully saturated rings. The van der Waals surface area contributed by atoms with Crippen LogP contribution < -0.4 is 10.1 Å². The molecule has 0 aliphatic carbocycles. The third-order valence-electron chi connectivity index (χ3n) is 4.20. The molecule has 26 heavy (non-hydrogen) atoms. The summed E-state index contributed by atoms with van der Waals surface area (Å²) in [5.41, 5.74) is 3.72. The van der Waals surface area contributed by atoms with Crippen LogP contribution in [-0.4, -0.2) is 22.1 Å². The van der Waals surface area contributed by atoms with Crippen LogP contribution in [0, 0.1) is 5.82 Å². The fourth-order valence-corrected chi connectivity index (χ4v) is 2.79. The van der Waals surface area contributed by atoms with Crippen molar-refractivity contribution in [1.82, 2.24) is 15.0 Å². The number of ether oxygens (including phenoxy) is 1. The van der Waals surface area contributed by atoms with E-state index in [4.69, 9.17) is 4.74 Å². The normalized spacial score (nSPS) is 10.8. The molecule has 5 nitrogen and oxygen atoms in total. The van der Waals surface area contributed by atoms with Crippen molar-refractivity contribution in [3.63, 3.8) is 0 Å². The number of nitrogens with zero attached hydrogens (tertiary/aromatic N) is 2. The molecule has 0 spiro atoms. The molecule has 0 unspecified atom stereocenters. The van der Waals surface area contributed by atoms with Crippen LogP contribution in [0.25, 0.3) is 22.3 Å². The summed E-state index contributed by atoms with van der Waals surface area (Å²) in [5, 5.41) is 4.20. The highest BCUT2D eigenvalue weighted by Crippen LogP contribution is 2.28. The molecule has 2 aromatic heterocycles. The Morgan fingerprint density at radius 2 is 1.81 bits per heavy atom. The Hall–Kier alpha value is -3.41. The average Bonchev–Trinajstić information content (AvgIpc) is 3.12. The quantitative estimate of drug-likeness (QED) is 0.562. The molecule has 0 aliphatic rings. The van der Waals surface area contributed by atoms with Crippen LogP contribution in [0.5, 0.6) is 5.75 Å². The van der Waals surface area contributed by atoms with Gasteiger partial charge in [0.05, 0.1) is 12.5 Å². The first-order valence-electron chi connectivity index (χ1n) is 8.19. The fourth-order valence-electron chi connectivity index (χ4n) is 2.79. The minimum Gasteiger partial charge on any atom is -0.497 e. The summed E-state index contributed by atoms with van der Waals surface area (Å²) >= 11 is 0. The largest absolute Gasteiger partial charge is 0.497 e. The maximum atomic E-state index is 13.0. The van der Waals surface area contributed by atoms with Gasteiger partial charge in [0.25, 0.3) is 0 Å². The van der Waals surface area contributed by atoms with Crippen LogP contribution in [0.1, 0.15) is 5.56 Å². The number of aromatic amines is 1. The van der Waals surface area contributed by atoms with Crippen LogP contribution in [0.15, 0.2) is 60.9 Å². The van der Waals surface area contributed by atoms with Crippen LogP contribution in [0.2, 0.25) is 0 Å². The highest BCUT2D eigenvalue weighted by molar-refractivity contribution is 5.91. The smallest absolute Gasteiger partial charge is 0.143 e. The molecule has 6 heteroatoms. The molecule has 0 saturated heterocycles. The zero-order valence-corrected chi connectivity index (χ0v) is 14.2. The Morgan fingerprint density at radius 3 is 2.54 bits per heavy atom. The zero-order chi connectivity index (χ0) is 17.9. The van der Waals surface area contributed by atoms with Gasteiger partial charge >= 0.3 is 0 Å². The minimum atomic E-state index is -0.243. The molecule has 0 atom stereocenters. The predicted molar refractivity (Wildman–Crippen MR) is 99.6 cm³/mol.